The Hall–Kier alpha value is -2.83. The number of anilines is 3. The monoisotopic (exact) mass is 450 g/mol. The number of benzene rings is 2. The average molecular weight is 451 g/mol. The molecule has 4 rings (SSSR count). The van der Waals surface area contributed by atoms with Crippen LogP contribution in [0.25, 0.3) is 16.6 Å². The number of fused-ring (bicyclic) bond motifs is 3. The highest BCUT2D eigenvalue weighted by atomic mass is 35.5. The second-order valence-electron chi connectivity index (χ2n) is 8.51. The third-order valence-electron chi connectivity index (χ3n) is 5.67. The topological polar surface area (TPSA) is 57.5 Å². The number of nitrogens with one attached hydrogen (secondary N) is 2. The zero-order chi connectivity index (χ0) is 22.5. The minimum absolute atomic E-state index is 0.672. The Morgan fingerprint density at radius 3 is 2.69 bits per heavy atom. The molecule has 32 heavy (non-hydrogen) atoms. The standard InChI is InChI=1S/C25H31ClN6/c1-18-9-8-10-20(26)24(18)30-25-23-16-27-17-32(23)22-12-11-19(15-21(22)29-25)28-13-6-4-5-7-14-31(2)3/h8-12,15-17,28H,4-7,13-14H2,1-3H3,(H,29,30). The molecule has 2 aromatic heterocycles. The number of halogens is 1. The lowest BCUT2D eigenvalue weighted by atomic mass is 10.2. The van der Waals surface area contributed by atoms with E-state index in [1.54, 1.807) is 0 Å². The third kappa shape index (κ3) is 5.14. The van der Waals surface area contributed by atoms with E-state index in [2.05, 4.69) is 57.2 Å². The van der Waals surface area contributed by atoms with E-state index in [1.807, 2.05) is 37.6 Å². The van der Waals surface area contributed by atoms with E-state index in [0.29, 0.717) is 5.02 Å². The molecule has 0 saturated heterocycles. The molecule has 0 bridgehead atoms. The summed E-state index contributed by atoms with van der Waals surface area (Å²) in [4.78, 5) is 11.5. The summed E-state index contributed by atoms with van der Waals surface area (Å²) in [5.74, 6) is 0.740. The third-order valence-corrected chi connectivity index (χ3v) is 5.99. The van der Waals surface area contributed by atoms with Crippen molar-refractivity contribution in [2.24, 2.45) is 0 Å². The number of rotatable bonds is 10. The van der Waals surface area contributed by atoms with Crippen molar-refractivity contribution >= 4 is 45.3 Å². The van der Waals surface area contributed by atoms with Crippen LogP contribution in [0.5, 0.6) is 0 Å². The number of nitrogens with zero attached hydrogens (tertiary/aromatic N) is 4. The summed E-state index contributed by atoms with van der Waals surface area (Å²) in [7, 11) is 4.26. The number of hydrogen-bond acceptors (Lipinski definition) is 5. The molecule has 2 N–H and O–H groups in total. The number of unbranched alkanes of at least 4 members (excludes halogenated alkanes) is 3. The van der Waals surface area contributed by atoms with E-state index in [0.717, 1.165) is 58.8 Å². The largest absolute Gasteiger partial charge is 0.385 e. The van der Waals surface area contributed by atoms with E-state index >= 15 is 0 Å². The lowest BCUT2D eigenvalue weighted by Crippen LogP contribution is -2.12. The summed E-state index contributed by atoms with van der Waals surface area (Å²) < 4.78 is 2.06. The van der Waals surface area contributed by atoms with Crippen molar-refractivity contribution < 1.29 is 0 Å². The molecule has 0 saturated carbocycles. The molecule has 0 radical (unpaired) electrons. The minimum atomic E-state index is 0.672. The van der Waals surface area contributed by atoms with Gasteiger partial charge in [0.15, 0.2) is 5.82 Å². The van der Waals surface area contributed by atoms with Gasteiger partial charge in [0.05, 0.1) is 34.3 Å². The molecule has 0 aliphatic carbocycles. The van der Waals surface area contributed by atoms with Crippen molar-refractivity contribution in [2.45, 2.75) is 32.6 Å². The molecule has 2 heterocycles. The fourth-order valence-electron chi connectivity index (χ4n) is 3.91. The van der Waals surface area contributed by atoms with Crippen LogP contribution in [0.1, 0.15) is 31.2 Å². The Morgan fingerprint density at radius 1 is 1.03 bits per heavy atom. The summed E-state index contributed by atoms with van der Waals surface area (Å²) >= 11 is 6.44. The van der Waals surface area contributed by atoms with E-state index < -0.39 is 0 Å². The van der Waals surface area contributed by atoms with Crippen LogP contribution in [-0.4, -0.2) is 46.5 Å². The molecule has 168 valence electrons. The lowest BCUT2D eigenvalue weighted by molar-refractivity contribution is 0.391. The SMILES string of the molecule is Cc1cccc(Cl)c1Nc1nc2cc(NCCCCCCN(C)C)ccc2n2cncc12. The van der Waals surface area contributed by atoms with E-state index in [4.69, 9.17) is 16.6 Å². The van der Waals surface area contributed by atoms with Gasteiger partial charge in [0, 0.05) is 12.2 Å². The van der Waals surface area contributed by atoms with Crippen LogP contribution in [0, 0.1) is 6.92 Å². The van der Waals surface area contributed by atoms with Crippen molar-refractivity contribution in [3.63, 3.8) is 0 Å². The van der Waals surface area contributed by atoms with Gasteiger partial charge in [-0.05, 0) is 70.2 Å². The highest BCUT2D eigenvalue weighted by Crippen LogP contribution is 2.31. The Kier molecular flexibility index (Phi) is 7.12. The molecule has 0 spiro atoms. The number of aromatic nitrogens is 3. The van der Waals surface area contributed by atoms with Crippen LogP contribution in [0.3, 0.4) is 0 Å². The normalized spacial score (nSPS) is 11.5. The predicted molar refractivity (Wildman–Crippen MR) is 135 cm³/mol. The zero-order valence-electron chi connectivity index (χ0n) is 19.0. The zero-order valence-corrected chi connectivity index (χ0v) is 19.8. The van der Waals surface area contributed by atoms with Crippen LogP contribution < -0.4 is 10.6 Å². The highest BCUT2D eigenvalue weighted by Gasteiger charge is 2.12. The molecule has 7 heteroatoms. The number of aryl methyl sites for hydroxylation is 1. The van der Waals surface area contributed by atoms with Gasteiger partial charge in [0.1, 0.15) is 5.52 Å². The molecular weight excluding hydrogens is 420 g/mol. The van der Waals surface area contributed by atoms with Crippen molar-refractivity contribution in [2.75, 3.05) is 37.8 Å². The quantitative estimate of drug-likeness (QED) is 0.285. The Morgan fingerprint density at radius 2 is 1.88 bits per heavy atom. The van der Waals surface area contributed by atoms with Crippen molar-refractivity contribution in [1.82, 2.24) is 19.3 Å². The fourth-order valence-corrected chi connectivity index (χ4v) is 4.18. The van der Waals surface area contributed by atoms with Crippen LogP contribution in [0.2, 0.25) is 5.02 Å². The summed E-state index contributed by atoms with van der Waals surface area (Å²) in [6.07, 6.45) is 8.59. The Labute approximate surface area is 194 Å². The van der Waals surface area contributed by atoms with Crippen molar-refractivity contribution in [3.8, 4) is 0 Å². The number of para-hydroxylation sites is 1. The number of imidazole rings is 1. The van der Waals surface area contributed by atoms with Gasteiger partial charge in [-0.2, -0.15) is 0 Å². The first-order valence-electron chi connectivity index (χ1n) is 11.2. The van der Waals surface area contributed by atoms with E-state index in [-0.39, 0.29) is 0 Å². The average Bonchev–Trinajstić information content (AvgIpc) is 3.26. The fraction of sp³-hybridized carbons (Fsp3) is 0.360. The second-order valence-corrected chi connectivity index (χ2v) is 8.92. The molecule has 0 fully saturated rings. The highest BCUT2D eigenvalue weighted by molar-refractivity contribution is 6.33. The van der Waals surface area contributed by atoms with Crippen LogP contribution >= 0.6 is 11.6 Å². The van der Waals surface area contributed by atoms with Gasteiger partial charge < -0.3 is 15.5 Å². The maximum Gasteiger partial charge on any atom is 0.157 e. The van der Waals surface area contributed by atoms with Gasteiger partial charge in [0.25, 0.3) is 0 Å². The molecule has 0 aliphatic rings. The molecule has 2 aromatic carbocycles. The molecule has 6 nitrogen and oxygen atoms in total. The van der Waals surface area contributed by atoms with E-state index in [1.165, 1.54) is 19.3 Å². The molecule has 0 aliphatic heterocycles. The summed E-state index contributed by atoms with van der Waals surface area (Å²) in [6.45, 7) is 4.16. The Bertz CT molecular complexity index is 1180. The Balaban J connectivity index is 1.51. The van der Waals surface area contributed by atoms with Crippen LogP contribution in [0.4, 0.5) is 17.2 Å². The van der Waals surface area contributed by atoms with E-state index in [9.17, 15) is 0 Å². The summed E-state index contributed by atoms with van der Waals surface area (Å²) in [5, 5.41) is 7.65. The molecule has 0 amide bonds. The summed E-state index contributed by atoms with van der Waals surface area (Å²) in [5.41, 5.74) is 5.85. The first-order chi connectivity index (χ1) is 15.5. The molecule has 0 unspecified atom stereocenters. The van der Waals surface area contributed by atoms with Crippen LogP contribution in [0.15, 0.2) is 48.9 Å². The van der Waals surface area contributed by atoms with Gasteiger partial charge >= 0.3 is 0 Å². The van der Waals surface area contributed by atoms with Gasteiger partial charge in [-0.3, -0.25) is 4.40 Å². The lowest BCUT2D eigenvalue weighted by Gasteiger charge is -2.14. The first-order valence-corrected chi connectivity index (χ1v) is 11.6. The van der Waals surface area contributed by atoms with Gasteiger partial charge in [-0.15, -0.1) is 0 Å². The van der Waals surface area contributed by atoms with Gasteiger partial charge in [0.2, 0.25) is 0 Å². The maximum atomic E-state index is 6.44. The second kappa shape index (κ2) is 10.2. The molecular formula is C25H31ClN6. The smallest absolute Gasteiger partial charge is 0.157 e. The van der Waals surface area contributed by atoms with Crippen LogP contribution in [-0.2, 0) is 0 Å². The maximum absolute atomic E-state index is 6.44. The van der Waals surface area contributed by atoms with Gasteiger partial charge in [-0.1, -0.05) is 36.6 Å². The minimum Gasteiger partial charge on any atom is -0.385 e. The van der Waals surface area contributed by atoms with Gasteiger partial charge in [-0.25, -0.2) is 9.97 Å². The number of hydrogen-bond donors (Lipinski definition) is 2. The predicted octanol–water partition coefficient (Wildman–Crippen LogP) is 6.12. The first kappa shape index (κ1) is 22.4. The van der Waals surface area contributed by atoms with Crippen molar-refractivity contribution in [3.05, 3.63) is 59.5 Å². The summed E-state index contributed by atoms with van der Waals surface area (Å²) in [6, 6.07) is 12.2. The molecule has 0 atom stereocenters. The molecule has 4 aromatic rings. The van der Waals surface area contributed by atoms with Crippen molar-refractivity contribution in [1.29, 1.82) is 0 Å².